The maximum absolute atomic E-state index is 14.6. The fraction of sp³-hybridized carbons (Fsp3) is 0.0769. The second kappa shape index (κ2) is 9.86. The molecule has 0 spiro atoms. The second-order valence-electron chi connectivity index (χ2n) is 7.42. The molecule has 0 aliphatic carbocycles. The lowest BCUT2D eigenvalue weighted by Crippen LogP contribution is -2.04. The molecule has 0 amide bonds. The van der Waals surface area contributed by atoms with E-state index in [4.69, 9.17) is 11.6 Å². The van der Waals surface area contributed by atoms with Gasteiger partial charge in [0.25, 0.3) is 0 Å². The standard InChI is InChI=1S/C26H16ClF3N2O2/c27-21-6-8-23-20(9-19(12-31)17-3-1-16(15-33)2-4-17)14-32(25(23)10-21)13-18-5-7-22(11-24(18)28)34-26(29)30/h1-11,14-15,26H,13H2/b19-9+. The number of aldehydes is 1. The van der Waals surface area contributed by atoms with E-state index in [1.807, 2.05) is 0 Å². The first-order valence-corrected chi connectivity index (χ1v) is 10.4. The molecule has 4 rings (SSSR count). The van der Waals surface area contributed by atoms with Crippen LogP contribution in [0.3, 0.4) is 0 Å². The minimum atomic E-state index is -3.04. The van der Waals surface area contributed by atoms with Gasteiger partial charge in [-0.25, -0.2) is 4.39 Å². The predicted octanol–water partition coefficient (Wildman–Crippen LogP) is 6.96. The number of aromatic nitrogens is 1. The fourth-order valence-electron chi connectivity index (χ4n) is 3.63. The summed E-state index contributed by atoms with van der Waals surface area (Å²) in [6.45, 7) is -2.94. The molecule has 0 fully saturated rings. The molecule has 0 unspecified atom stereocenters. The highest BCUT2D eigenvalue weighted by Gasteiger charge is 2.13. The Morgan fingerprint density at radius 3 is 2.53 bits per heavy atom. The molecular weight excluding hydrogens is 465 g/mol. The molecule has 3 aromatic carbocycles. The zero-order valence-corrected chi connectivity index (χ0v) is 18.3. The molecule has 1 heterocycles. The van der Waals surface area contributed by atoms with Gasteiger partial charge < -0.3 is 9.30 Å². The summed E-state index contributed by atoms with van der Waals surface area (Å²) in [5, 5.41) is 11.0. The molecule has 4 aromatic rings. The highest BCUT2D eigenvalue weighted by Crippen LogP contribution is 2.30. The molecule has 4 nitrogen and oxygen atoms in total. The van der Waals surface area contributed by atoms with Crippen molar-refractivity contribution in [2.45, 2.75) is 13.2 Å². The summed E-state index contributed by atoms with van der Waals surface area (Å²) in [5.74, 6) is -0.952. The lowest BCUT2D eigenvalue weighted by molar-refractivity contribution is -0.0500. The summed E-state index contributed by atoms with van der Waals surface area (Å²) in [5.41, 5.74) is 3.20. The number of benzene rings is 3. The molecule has 0 atom stereocenters. The van der Waals surface area contributed by atoms with E-state index >= 15 is 0 Å². The Morgan fingerprint density at radius 1 is 1.12 bits per heavy atom. The van der Waals surface area contributed by atoms with E-state index in [0.717, 1.165) is 17.7 Å². The van der Waals surface area contributed by atoms with E-state index in [1.54, 1.807) is 59.3 Å². The molecule has 8 heteroatoms. The third-order valence-electron chi connectivity index (χ3n) is 5.24. The van der Waals surface area contributed by atoms with Crippen LogP contribution in [0.5, 0.6) is 5.75 Å². The number of carbonyl (C=O) groups excluding carboxylic acids is 1. The van der Waals surface area contributed by atoms with Crippen molar-refractivity contribution in [2.24, 2.45) is 0 Å². The highest BCUT2D eigenvalue weighted by molar-refractivity contribution is 6.31. The van der Waals surface area contributed by atoms with Crippen molar-refractivity contribution in [2.75, 3.05) is 0 Å². The summed E-state index contributed by atoms with van der Waals surface area (Å²) < 4.78 is 45.4. The Kier molecular flexibility index (Phi) is 6.71. The molecule has 0 saturated heterocycles. The monoisotopic (exact) mass is 480 g/mol. The van der Waals surface area contributed by atoms with Crippen molar-refractivity contribution in [1.82, 2.24) is 4.57 Å². The Labute approximate surface area is 198 Å². The van der Waals surface area contributed by atoms with E-state index in [2.05, 4.69) is 10.8 Å². The summed E-state index contributed by atoms with van der Waals surface area (Å²) in [4.78, 5) is 10.9. The van der Waals surface area contributed by atoms with Gasteiger partial charge in [0.05, 0.1) is 23.7 Å². The van der Waals surface area contributed by atoms with Crippen LogP contribution < -0.4 is 4.74 Å². The summed E-state index contributed by atoms with van der Waals surface area (Å²) in [6, 6.07) is 17.6. The molecule has 0 radical (unpaired) electrons. The largest absolute Gasteiger partial charge is 0.435 e. The van der Waals surface area contributed by atoms with Gasteiger partial charge in [0, 0.05) is 39.4 Å². The van der Waals surface area contributed by atoms with Crippen molar-refractivity contribution in [3.05, 3.63) is 100.0 Å². The van der Waals surface area contributed by atoms with E-state index in [9.17, 15) is 23.2 Å². The zero-order chi connectivity index (χ0) is 24.2. The Morgan fingerprint density at radius 2 is 1.88 bits per heavy atom. The number of allylic oxidation sites excluding steroid dienone is 1. The number of rotatable bonds is 7. The lowest BCUT2D eigenvalue weighted by atomic mass is 10.0. The summed E-state index contributed by atoms with van der Waals surface area (Å²) in [6.07, 6.45) is 4.20. The van der Waals surface area contributed by atoms with E-state index in [1.165, 1.54) is 12.1 Å². The smallest absolute Gasteiger partial charge is 0.387 e. The predicted molar refractivity (Wildman–Crippen MR) is 124 cm³/mol. The molecule has 0 saturated carbocycles. The third kappa shape index (κ3) is 4.98. The van der Waals surface area contributed by atoms with Crippen LogP contribution in [0.2, 0.25) is 5.02 Å². The summed E-state index contributed by atoms with van der Waals surface area (Å²) in [7, 11) is 0. The molecule has 0 aliphatic heterocycles. The van der Waals surface area contributed by atoms with Crippen LogP contribution in [-0.2, 0) is 6.54 Å². The lowest BCUT2D eigenvalue weighted by Gasteiger charge is -2.09. The van der Waals surface area contributed by atoms with Gasteiger partial charge in [-0.2, -0.15) is 14.0 Å². The first kappa shape index (κ1) is 23.1. The van der Waals surface area contributed by atoms with Gasteiger partial charge in [-0.3, -0.25) is 4.79 Å². The Bertz CT molecular complexity index is 1440. The number of hydrogen-bond donors (Lipinski definition) is 0. The molecule has 0 aliphatic rings. The van der Waals surface area contributed by atoms with Crippen LogP contribution in [-0.4, -0.2) is 17.5 Å². The number of hydrogen-bond acceptors (Lipinski definition) is 3. The van der Waals surface area contributed by atoms with E-state index in [-0.39, 0.29) is 17.9 Å². The molecule has 170 valence electrons. The summed E-state index contributed by atoms with van der Waals surface area (Å²) >= 11 is 6.19. The molecule has 0 N–H and O–H groups in total. The third-order valence-corrected chi connectivity index (χ3v) is 5.48. The van der Waals surface area contributed by atoms with Crippen molar-refractivity contribution in [3.63, 3.8) is 0 Å². The van der Waals surface area contributed by atoms with Crippen LogP contribution >= 0.6 is 11.6 Å². The normalized spacial score (nSPS) is 11.6. The topological polar surface area (TPSA) is 55.0 Å². The van der Waals surface area contributed by atoms with Gasteiger partial charge in [-0.05, 0) is 29.8 Å². The SMILES string of the molecule is N#C/C(=C\c1cn(Cc2ccc(OC(F)F)cc2F)c2cc(Cl)ccc12)c1ccc(C=O)cc1. The van der Waals surface area contributed by atoms with Gasteiger partial charge in [-0.1, -0.05) is 48.0 Å². The number of alkyl halides is 2. The second-order valence-corrected chi connectivity index (χ2v) is 7.85. The van der Waals surface area contributed by atoms with Gasteiger partial charge in [0.15, 0.2) is 0 Å². The fourth-order valence-corrected chi connectivity index (χ4v) is 3.80. The average Bonchev–Trinajstić information content (AvgIpc) is 3.15. The van der Waals surface area contributed by atoms with Crippen LogP contribution in [0, 0.1) is 17.1 Å². The van der Waals surface area contributed by atoms with Crippen LogP contribution in [0.4, 0.5) is 13.2 Å². The molecule has 1 aromatic heterocycles. The highest BCUT2D eigenvalue weighted by atomic mass is 35.5. The van der Waals surface area contributed by atoms with Gasteiger partial charge >= 0.3 is 6.61 Å². The number of ether oxygens (including phenoxy) is 1. The first-order valence-electron chi connectivity index (χ1n) is 10.1. The number of carbonyl (C=O) groups is 1. The maximum atomic E-state index is 14.6. The molecular formula is C26H16ClF3N2O2. The van der Waals surface area contributed by atoms with Gasteiger partial charge in [0.1, 0.15) is 17.9 Å². The quantitative estimate of drug-likeness (QED) is 0.212. The van der Waals surface area contributed by atoms with E-state index < -0.39 is 12.4 Å². The Balaban J connectivity index is 1.75. The molecule has 0 bridgehead atoms. The van der Waals surface area contributed by atoms with Crippen molar-refractivity contribution < 1.29 is 22.7 Å². The average molecular weight is 481 g/mol. The number of nitrogens with zero attached hydrogens (tertiary/aromatic N) is 2. The molecule has 34 heavy (non-hydrogen) atoms. The van der Waals surface area contributed by atoms with Crippen molar-refractivity contribution >= 4 is 40.4 Å². The van der Waals surface area contributed by atoms with Gasteiger partial charge in [0.2, 0.25) is 0 Å². The number of nitriles is 1. The van der Waals surface area contributed by atoms with Crippen molar-refractivity contribution in [3.8, 4) is 11.8 Å². The number of halogens is 4. The van der Waals surface area contributed by atoms with Crippen LogP contribution in [0.15, 0.2) is 66.9 Å². The van der Waals surface area contributed by atoms with Crippen LogP contribution in [0.1, 0.15) is 27.0 Å². The first-order chi connectivity index (χ1) is 16.4. The minimum absolute atomic E-state index is 0.0986. The van der Waals surface area contributed by atoms with Crippen LogP contribution in [0.25, 0.3) is 22.6 Å². The van der Waals surface area contributed by atoms with Gasteiger partial charge in [-0.15, -0.1) is 0 Å². The maximum Gasteiger partial charge on any atom is 0.387 e. The Hall–Kier alpha value is -4.02. The van der Waals surface area contributed by atoms with E-state index in [0.29, 0.717) is 32.8 Å². The zero-order valence-electron chi connectivity index (χ0n) is 17.5. The van der Waals surface area contributed by atoms with Crippen molar-refractivity contribution in [1.29, 1.82) is 5.26 Å². The number of fused-ring (bicyclic) bond motifs is 1. The minimum Gasteiger partial charge on any atom is -0.435 e.